The van der Waals surface area contributed by atoms with Crippen LogP contribution in [0.15, 0.2) is 0 Å². The van der Waals surface area contributed by atoms with Crippen LogP contribution in [-0.4, -0.2) is 15.9 Å². The molecule has 85 valence electrons. The van der Waals surface area contributed by atoms with Crippen LogP contribution in [0, 0.1) is 0 Å². The first-order valence-corrected chi connectivity index (χ1v) is 6.40. The molecule has 0 fully saturated rings. The summed E-state index contributed by atoms with van der Waals surface area (Å²) in [4.78, 5) is 17.1. The first-order chi connectivity index (χ1) is 5.56. The van der Waals surface area contributed by atoms with E-state index in [0.717, 1.165) is 12.8 Å². The van der Waals surface area contributed by atoms with Crippen LogP contribution in [0.1, 0.15) is 45.4 Å². The van der Waals surface area contributed by atoms with Gasteiger partial charge in [0, 0.05) is 23.2 Å². The summed E-state index contributed by atoms with van der Waals surface area (Å²) < 4.78 is 10.4. The minimum Gasteiger partial charge on any atom is -0.324 e. The van der Waals surface area contributed by atoms with E-state index in [1.165, 1.54) is 19.3 Å². The van der Waals surface area contributed by atoms with Crippen LogP contribution in [0.25, 0.3) is 0 Å². The second-order valence-corrected chi connectivity index (χ2v) is 4.93. The van der Waals surface area contributed by atoms with Crippen LogP contribution in [0.2, 0.25) is 0 Å². The van der Waals surface area contributed by atoms with Crippen molar-refractivity contribution in [1.29, 1.82) is 0 Å². The second kappa shape index (κ2) is 9.23. The zero-order valence-corrected chi connectivity index (χ0v) is 9.84. The maximum Gasteiger partial charge on any atom is 0.325 e. The molecule has 0 unspecified atom stereocenters. The Morgan fingerprint density at radius 1 is 1.00 bits per heavy atom. The fourth-order valence-electron chi connectivity index (χ4n) is 1.10. The summed E-state index contributed by atoms with van der Waals surface area (Å²) in [6.45, 7) is 2.15. The minimum atomic E-state index is -3.72. The first kappa shape index (κ1) is 16.1. The molecule has 0 saturated heterocycles. The molecule has 13 heavy (non-hydrogen) atoms. The largest absolute Gasteiger partial charge is 0.325 e. The molecule has 5 heteroatoms. The van der Waals surface area contributed by atoms with E-state index in [2.05, 4.69) is 6.92 Å². The second-order valence-electron chi connectivity index (χ2n) is 3.16. The maximum atomic E-state index is 10.4. The van der Waals surface area contributed by atoms with E-state index in [1.54, 1.807) is 0 Å². The van der Waals surface area contributed by atoms with Gasteiger partial charge in [-0.1, -0.05) is 39.0 Å². The van der Waals surface area contributed by atoms with E-state index in [9.17, 15) is 4.57 Å². The Kier molecular flexibility index (Phi) is 11.4. The third kappa shape index (κ3) is 15.4. The fraction of sp³-hybridized carbons (Fsp3) is 1.00. The summed E-state index contributed by atoms with van der Waals surface area (Å²) in [7, 11) is -3.72. The number of rotatable bonds is 7. The van der Waals surface area contributed by atoms with Crippen molar-refractivity contribution >= 4 is 7.60 Å². The molecule has 2 N–H and O–H groups in total. The zero-order chi connectivity index (χ0) is 9.45. The molecule has 0 atom stereocenters. The van der Waals surface area contributed by atoms with Crippen molar-refractivity contribution in [2.24, 2.45) is 0 Å². The van der Waals surface area contributed by atoms with Gasteiger partial charge < -0.3 is 9.79 Å². The molecule has 0 aliphatic rings. The molecule has 0 aromatic carbocycles. The molecule has 0 bridgehead atoms. The molecule has 0 aliphatic heterocycles. The first-order valence-electron chi connectivity index (χ1n) is 4.61. The number of hydrogen-bond donors (Lipinski definition) is 2. The van der Waals surface area contributed by atoms with Crippen LogP contribution in [0.4, 0.5) is 0 Å². The van der Waals surface area contributed by atoms with Gasteiger partial charge in [-0.3, -0.25) is 4.57 Å². The van der Waals surface area contributed by atoms with Gasteiger partial charge in [-0.25, -0.2) is 0 Å². The van der Waals surface area contributed by atoms with E-state index in [-0.39, 0.29) is 23.2 Å². The van der Waals surface area contributed by atoms with Crippen LogP contribution >= 0.6 is 7.60 Å². The third-order valence-corrected chi connectivity index (χ3v) is 2.70. The Hall–Kier alpha value is 0.669. The SMILES string of the molecule is CCCCCCCCP(=O)(O)O.[Cu]. The molecular weight excluding hydrogens is 239 g/mol. The smallest absolute Gasteiger partial charge is 0.324 e. The summed E-state index contributed by atoms with van der Waals surface area (Å²) in [6.07, 6.45) is 6.40. The van der Waals surface area contributed by atoms with Crippen LogP contribution < -0.4 is 0 Å². The summed E-state index contributed by atoms with van der Waals surface area (Å²) in [5, 5.41) is 0. The Morgan fingerprint density at radius 2 is 1.46 bits per heavy atom. The van der Waals surface area contributed by atoms with E-state index < -0.39 is 7.60 Å². The average Bonchev–Trinajstić information content (AvgIpc) is 1.94. The van der Waals surface area contributed by atoms with Gasteiger partial charge in [-0.05, 0) is 6.42 Å². The van der Waals surface area contributed by atoms with Gasteiger partial charge in [0.2, 0.25) is 0 Å². The third-order valence-electron chi connectivity index (χ3n) is 1.80. The monoisotopic (exact) mass is 257 g/mol. The van der Waals surface area contributed by atoms with Crippen molar-refractivity contribution in [2.75, 3.05) is 6.16 Å². The molecule has 0 amide bonds. The van der Waals surface area contributed by atoms with Gasteiger partial charge in [0.05, 0.1) is 0 Å². The molecule has 0 spiro atoms. The summed E-state index contributed by atoms with van der Waals surface area (Å²) in [5.74, 6) is 0. The van der Waals surface area contributed by atoms with Crippen molar-refractivity contribution in [1.82, 2.24) is 0 Å². The Bertz CT molecular complexity index is 146. The molecule has 0 saturated carbocycles. The van der Waals surface area contributed by atoms with Crippen molar-refractivity contribution in [3.8, 4) is 0 Å². The Morgan fingerprint density at radius 3 is 1.92 bits per heavy atom. The van der Waals surface area contributed by atoms with Crippen LogP contribution in [0.3, 0.4) is 0 Å². The fourth-order valence-corrected chi connectivity index (χ4v) is 1.73. The van der Waals surface area contributed by atoms with Crippen molar-refractivity contribution in [3.05, 3.63) is 0 Å². The normalized spacial score (nSPS) is 11.0. The standard InChI is InChI=1S/C8H19O3P.Cu/c1-2-3-4-5-6-7-8-12(9,10)11;/h2-8H2,1H3,(H2,9,10,11);. The number of hydrogen-bond acceptors (Lipinski definition) is 1. The molecule has 1 radical (unpaired) electrons. The molecule has 3 nitrogen and oxygen atoms in total. The summed E-state index contributed by atoms with van der Waals surface area (Å²) >= 11 is 0. The van der Waals surface area contributed by atoms with Crippen molar-refractivity contribution in [2.45, 2.75) is 45.4 Å². The van der Waals surface area contributed by atoms with Crippen molar-refractivity contribution < 1.29 is 31.4 Å². The Labute approximate surface area is 90.9 Å². The molecule has 0 aromatic heterocycles. The van der Waals surface area contributed by atoms with Gasteiger partial charge >= 0.3 is 7.60 Å². The zero-order valence-electron chi connectivity index (χ0n) is 8.00. The number of unbranched alkanes of at least 4 members (excludes halogenated alkanes) is 5. The summed E-state index contributed by atoms with van der Waals surface area (Å²) in [6, 6.07) is 0. The van der Waals surface area contributed by atoms with E-state index in [1.807, 2.05) is 0 Å². The van der Waals surface area contributed by atoms with E-state index in [4.69, 9.17) is 9.79 Å². The summed E-state index contributed by atoms with van der Waals surface area (Å²) in [5.41, 5.74) is 0. The molecule has 0 rings (SSSR count). The maximum absolute atomic E-state index is 10.4. The van der Waals surface area contributed by atoms with Gasteiger partial charge in [0.25, 0.3) is 0 Å². The Balaban J connectivity index is 0. The predicted octanol–water partition coefficient (Wildman–Crippen LogP) is 2.52. The van der Waals surface area contributed by atoms with E-state index in [0.29, 0.717) is 6.42 Å². The molecule has 0 heterocycles. The predicted molar refractivity (Wildman–Crippen MR) is 50.3 cm³/mol. The molecular formula is C8H19CuO3P. The van der Waals surface area contributed by atoms with Gasteiger partial charge in [0.1, 0.15) is 0 Å². The van der Waals surface area contributed by atoms with Gasteiger partial charge in [-0.2, -0.15) is 0 Å². The molecule has 0 aliphatic carbocycles. The van der Waals surface area contributed by atoms with Gasteiger partial charge in [0.15, 0.2) is 0 Å². The molecule has 0 aromatic rings. The van der Waals surface area contributed by atoms with Crippen molar-refractivity contribution in [3.63, 3.8) is 0 Å². The van der Waals surface area contributed by atoms with E-state index >= 15 is 0 Å². The van der Waals surface area contributed by atoms with Crippen LogP contribution in [-0.2, 0) is 21.6 Å². The van der Waals surface area contributed by atoms with Gasteiger partial charge in [-0.15, -0.1) is 0 Å². The van der Waals surface area contributed by atoms with Crippen LogP contribution in [0.5, 0.6) is 0 Å². The average molecular weight is 258 g/mol. The quantitative estimate of drug-likeness (QED) is 0.419. The minimum absolute atomic E-state index is 0. The topological polar surface area (TPSA) is 57.5 Å².